The predicted molar refractivity (Wildman–Crippen MR) is 123 cm³/mol. The monoisotopic (exact) mass is 484 g/mol. The van der Waals surface area contributed by atoms with Gasteiger partial charge < -0.3 is 9.73 Å². The van der Waals surface area contributed by atoms with Gasteiger partial charge in [-0.05, 0) is 48.0 Å². The minimum Gasteiger partial charge on any atom is -0.461 e. The number of nitrogens with one attached hydrogen (secondary N) is 1. The summed E-state index contributed by atoms with van der Waals surface area (Å²) in [5.74, 6) is 1.29. The van der Waals surface area contributed by atoms with Crippen molar-refractivity contribution in [2.45, 2.75) is 23.6 Å². The van der Waals surface area contributed by atoms with E-state index in [9.17, 15) is 18.0 Å². The zero-order valence-corrected chi connectivity index (χ0v) is 18.6. The topological polar surface area (TPSA) is 73.0 Å². The van der Waals surface area contributed by atoms with E-state index in [1.807, 2.05) is 4.57 Å². The number of hydrogen-bond donors (Lipinski definition) is 1. The number of thioether (sulfide) groups is 1. The van der Waals surface area contributed by atoms with Crippen LogP contribution in [0.4, 0.5) is 18.9 Å². The summed E-state index contributed by atoms with van der Waals surface area (Å²) in [6.45, 7) is 4.29. The summed E-state index contributed by atoms with van der Waals surface area (Å²) in [7, 11) is 0. The van der Waals surface area contributed by atoms with Crippen molar-refractivity contribution in [3.05, 3.63) is 96.3 Å². The second kappa shape index (κ2) is 10.0. The van der Waals surface area contributed by atoms with Gasteiger partial charge in [-0.25, -0.2) is 0 Å². The van der Waals surface area contributed by atoms with Crippen LogP contribution in [0.3, 0.4) is 0 Å². The van der Waals surface area contributed by atoms with E-state index in [1.165, 1.54) is 23.9 Å². The van der Waals surface area contributed by atoms with Crippen LogP contribution in [0.5, 0.6) is 0 Å². The van der Waals surface area contributed by atoms with Crippen molar-refractivity contribution in [3.8, 4) is 11.6 Å². The van der Waals surface area contributed by atoms with E-state index >= 15 is 0 Å². The van der Waals surface area contributed by atoms with Crippen LogP contribution >= 0.6 is 11.8 Å². The summed E-state index contributed by atoms with van der Waals surface area (Å²) < 4.78 is 45.9. The van der Waals surface area contributed by atoms with Crippen LogP contribution in [0.1, 0.15) is 21.5 Å². The van der Waals surface area contributed by atoms with E-state index in [2.05, 4.69) is 22.1 Å². The highest BCUT2D eigenvalue weighted by atomic mass is 32.2. The SMILES string of the molecule is C=CCn1c(SCc2ccc(C(=O)Nc3cccc(C(F)(F)F)c3)cc2)nnc1-c1ccco1. The summed E-state index contributed by atoms with van der Waals surface area (Å²) in [4.78, 5) is 12.5. The van der Waals surface area contributed by atoms with Gasteiger partial charge in [-0.15, -0.1) is 16.8 Å². The fourth-order valence-electron chi connectivity index (χ4n) is 3.15. The standard InChI is InChI=1S/C24H19F3N4O2S/c1-2-12-31-21(20-7-4-13-33-20)29-30-23(31)34-15-16-8-10-17(11-9-16)22(32)28-19-6-3-5-18(14-19)24(25,26)27/h2-11,13-14H,1,12,15H2,(H,28,32). The molecule has 0 radical (unpaired) electrons. The van der Waals surface area contributed by atoms with Crippen molar-refractivity contribution < 1.29 is 22.4 Å². The van der Waals surface area contributed by atoms with Crippen LogP contribution in [0, 0.1) is 0 Å². The predicted octanol–water partition coefficient (Wildman–Crippen LogP) is 6.29. The maximum atomic E-state index is 12.9. The Bertz CT molecular complexity index is 1280. The van der Waals surface area contributed by atoms with Crippen LogP contribution in [0.25, 0.3) is 11.6 Å². The third-order valence-electron chi connectivity index (χ3n) is 4.80. The van der Waals surface area contributed by atoms with Crippen LogP contribution in [-0.2, 0) is 18.5 Å². The Balaban J connectivity index is 1.41. The van der Waals surface area contributed by atoms with E-state index in [0.29, 0.717) is 34.6 Å². The Morgan fingerprint density at radius 3 is 2.59 bits per heavy atom. The van der Waals surface area contributed by atoms with Crippen molar-refractivity contribution in [2.75, 3.05) is 5.32 Å². The summed E-state index contributed by atoms with van der Waals surface area (Å²) in [6.07, 6.45) is -1.16. The van der Waals surface area contributed by atoms with Gasteiger partial charge >= 0.3 is 6.18 Å². The van der Waals surface area contributed by atoms with Gasteiger partial charge in [-0.1, -0.05) is 36.0 Å². The first-order chi connectivity index (χ1) is 16.3. The molecule has 0 unspecified atom stereocenters. The summed E-state index contributed by atoms with van der Waals surface area (Å²) in [6, 6.07) is 14.9. The molecule has 0 aliphatic rings. The van der Waals surface area contributed by atoms with Crippen molar-refractivity contribution in [2.24, 2.45) is 0 Å². The molecule has 34 heavy (non-hydrogen) atoms. The molecule has 2 heterocycles. The number of hydrogen-bond acceptors (Lipinski definition) is 5. The van der Waals surface area contributed by atoms with E-state index in [1.54, 1.807) is 48.7 Å². The molecule has 0 aliphatic carbocycles. The third-order valence-corrected chi connectivity index (χ3v) is 5.84. The summed E-state index contributed by atoms with van der Waals surface area (Å²) >= 11 is 1.47. The second-order valence-electron chi connectivity index (χ2n) is 7.20. The highest BCUT2D eigenvalue weighted by Gasteiger charge is 2.30. The van der Waals surface area contributed by atoms with Crippen molar-refractivity contribution >= 4 is 23.4 Å². The lowest BCUT2D eigenvalue weighted by molar-refractivity contribution is -0.137. The Kier molecular flexibility index (Phi) is 6.87. The van der Waals surface area contributed by atoms with Gasteiger partial charge in [0.2, 0.25) is 5.82 Å². The molecule has 2 aromatic heterocycles. The third kappa shape index (κ3) is 5.40. The van der Waals surface area contributed by atoms with E-state index < -0.39 is 17.6 Å². The number of carbonyl (C=O) groups is 1. The molecule has 4 aromatic rings. The lowest BCUT2D eigenvalue weighted by atomic mass is 10.1. The van der Waals surface area contributed by atoms with Crippen LogP contribution in [0.15, 0.2) is 89.2 Å². The number of nitrogens with zero attached hydrogens (tertiary/aromatic N) is 3. The Hall–Kier alpha value is -3.79. The van der Waals surface area contributed by atoms with Crippen LogP contribution in [-0.4, -0.2) is 20.7 Å². The molecule has 0 saturated carbocycles. The zero-order chi connectivity index (χ0) is 24.1. The molecule has 0 aliphatic heterocycles. The molecule has 1 amide bonds. The highest BCUT2D eigenvalue weighted by Crippen LogP contribution is 2.31. The fourth-order valence-corrected chi connectivity index (χ4v) is 4.06. The van der Waals surface area contributed by atoms with Crippen molar-refractivity contribution in [1.82, 2.24) is 14.8 Å². The van der Waals surface area contributed by atoms with E-state index in [0.717, 1.165) is 17.7 Å². The number of alkyl halides is 3. The molecule has 0 atom stereocenters. The molecular weight excluding hydrogens is 465 g/mol. The van der Waals surface area contributed by atoms with Gasteiger partial charge in [0.1, 0.15) is 0 Å². The number of allylic oxidation sites excluding steroid dienone is 1. The molecule has 0 saturated heterocycles. The number of halogens is 3. The zero-order valence-electron chi connectivity index (χ0n) is 17.7. The normalized spacial score (nSPS) is 11.4. The lowest BCUT2D eigenvalue weighted by Gasteiger charge is -2.10. The maximum Gasteiger partial charge on any atom is 0.416 e. The minimum atomic E-state index is -4.48. The first-order valence-electron chi connectivity index (χ1n) is 10.1. The second-order valence-corrected chi connectivity index (χ2v) is 8.14. The average molecular weight is 485 g/mol. The Morgan fingerprint density at radius 2 is 1.91 bits per heavy atom. The molecule has 2 aromatic carbocycles. The number of carbonyl (C=O) groups excluding carboxylic acids is 1. The summed E-state index contributed by atoms with van der Waals surface area (Å²) in [5.41, 5.74) is 0.528. The van der Waals surface area contributed by atoms with Crippen LogP contribution < -0.4 is 5.32 Å². The van der Waals surface area contributed by atoms with Crippen LogP contribution in [0.2, 0.25) is 0 Å². The van der Waals surface area contributed by atoms with Gasteiger partial charge in [0, 0.05) is 23.5 Å². The van der Waals surface area contributed by atoms with Gasteiger partial charge in [0.05, 0.1) is 11.8 Å². The lowest BCUT2D eigenvalue weighted by Crippen LogP contribution is -2.13. The molecule has 0 spiro atoms. The number of anilines is 1. The van der Waals surface area contributed by atoms with Gasteiger partial charge in [-0.2, -0.15) is 13.2 Å². The molecule has 10 heteroatoms. The van der Waals surface area contributed by atoms with E-state index in [4.69, 9.17) is 4.42 Å². The van der Waals surface area contributed by atoms with Gasteiger partial charge in [0.25, 0.3) is 5.91 Å². The number of benzene rings is 2. The quantitative estimate of drug-likeness (QED) is 0.235. The number of furan rings is 1. The Labute approximate surface area is 197 Å². The average Bonchev–Trinajstić information content (AvgIpc) is 3.48. The van der Waals surface area contributed by atoms with Crippen molar-refractivity contribution in [3.63, 3.8) is 0 Å². The number of rotatable bonds is 8. The first kappa shape index (κ1) is 23.4. The number of aromatic nitrogens is 3. The molecule has 174 valence electrons. The minimum absolute atomic E-state index is 0.0772. The molecule has 0 fully saturated rings. The van der Waals surface area contributed by atoms with Gasteiger partial charge in [0.15, 0.2) is 10.9 Å². The molecule has 6 nitrogen and oxygen atoms in total. The molecule has 1 N–H and O–H groups in total. The molecule has 4 rings (SSSR count). The van der Waals surface area contributed by atoms with E-state index in [-0.39, 0.29) is 5.69 Å². The molecule has 0 bridgehead atoms. The maximum absolute atomic E-state index is 12.9. The first-order valence-corrected chi connectivity index (χ1v) is 11.1. The van der Waals surface area contributed by atoms with Gasteiger partial charge in [-0.3, -0.25) is 9.36 Å². The largest absolute Gasteiger partial charge is 0.461 e. The molecular formula is C24H19F3N4O2S. The number of amides is 1. The fraction of sp³-hybridized carbons (Fsp3) is 0.125. The smallest absolute Gasteiger partial charge is 0.416 e. The summed E-state index contributed by atoms with van der Waals surface area (Å²) in [5, 5.41) is 11.7. The Morgan fingerprint density at radius 1 is 1.12 bits per heavy atom. The highest BCUT2D eigenvalue weighted by molar-refractivity contribution is 7.98. The van der Waals surface area contributed by atoms with Crippen molar-refractivity contribution in [1.29, 1.82) is 0 Å².